The fourth-order valence-corrected chi connectivity index (χ4v) is 3.68. The topological polar surface area (TPSA) is 21.3 Å². The first-order valence-electron chi connectivity index (χ1n) is 5.32. The normalized spacial score (nSPS) is 33.5. The van der Waals surface area contributed by atoms with Crippen LogP contribution in [-0.2, 0) is 4.74 Å². The molecule has 2 saturated heterocycles. The van der Waals surface area contributed by atoms with Crippen LogP contribution in [0.25, 0.3) is 0 Å². The Morgan fingerprint density at radius 2 is 2.23 bits per heavy atom. The van der Waals surface area contributed by atoms with Gasteiger partial charge in [0, 0.05) is 12.6 Å². The van der Waals surface area contributed by atoms with E-state index < -0.39 is 0 Å². The van der Waals surface area contributed by atoms with Gasteiger partial charge in [-0.3, -0.25) is 0 Å². The number of thioether (sulfide) groups is 1. The third-order valence-corrected chi connectivity index (χ3v) is 4.25. The molecule has 0 aliphatic carbocycles. The summed E-state index contributed by atoms with van der Waals surface area (Å²) in [7, 11) is 0. The number of morpholine rings is 1. The molecule has 0 amide bonds. The van der Waals surface area contributed by atoms with Gasteiger partial charge in [-0.1, -0.05) is 6.92 Å². The van der Waals surface area contributed by atoms with Gasteiger partial charge in [-0.05, 0) is 30.8 Å². The van der Waals surface area contributed by atoms with Gasteiger partial charge < -0.3 is 10.1 Å². The Balaban J connectivity index is 2.06. The lowest BCUT2D eigenvalue weighted by atomic mass is 9.85. The van der Waals surface area contributed by atoms with E-state index in [-0.39, 0.29) is 5.60 Å². The Labute approximate surface area is 84.8 Å². The van der Waals surface area contributed by atoms with Crippen molar-refractivity contribution in [2.45, 2.75) is 37.8 Å². The van der Waals surface area contributed by atoms with Gasteiger partial charge in [-0.15, -0.1) is 0 Å². The smallest absolute Gasteiger partial charge is 0.0850 e. The first-order chi connectivity index (χ1) is 6.37. The number of ether oxygens (including phenoxy) is 1. The van der Waals surface area contributed by atoms with Gasteiger partial charge >= 0.3 is 0 Å². The monoisotopic (exact) mass is 201 g/mol. The second-order valence-electron chi connectivity index (χ2n) is 3.94. The minimum atomic E-state index is 0.193. The van der Waals surface area contributed by atoms with Crippen molar-refractivity contribution in [3.63, 3.8) is 0 Å². The number of hydrogen-bond donors (Lipinski definition) is 1. The van der Waals surface area contributed by atoms with Crippen molar-refractivity contribution in [2.24, 2.45) is 0 Å². The lowest BCUT2D eigenvalue weighted by Gasteiger charge is -2.46. The Bertz CT molecular complexity index is 160. The van der Waals surface area contributed by atoms with Gasteiger partial charge in [0.2, 0.25) is 0 Å². The molecule has 2 heterocycles. The van der Waals surface area contributed by atoms with E-state index in [9.17, 15) is 0 Å². The maximum atomic E-state index is 6.03. The first-order valence-corrected chi connectivity index (χ1v) is 6.48. The van der Waals surface area contributed by atoms with Crippen LogP contribution in [0.1, 0.15) is 26.2 Å². The third kappa shape index (κ3) is 1.88. The summed E-state index contributed by atoms with van der Waals surface area (Å²) in [5.74, 6) is 2.55. The molecule has 2 nitrogen and oxygen atoms in total. The zero-order valence-corrected chi connectivity index (χ0v) is 9.16. The molecule has 76 valence electrons. The summed E-state index contributed by atoms with van der Waals surface area (Å²) in [5.41, 5.74) is 0.193. The zero-order valence-electron chi connectivity index (χ0n) is 8.34. The van der Waals surface area contributed by atoms with Crippen LogP contribution in [0.2, 0.25) is 0 Å². The van der Waals surface area contributed by atoms with E-state index in [1.165, 1.54) is 30.8 Å². The van der Waals surface area contributed by atoms with Gasteiger partial charge in [-0.25, -0.2) is 0 Å². The number of nitrogens with one attached hydrogen (secondary N) is 1. The average Bonchev–Trinajstić information content (AvgIpc) is 2.20. The van der Waals surface area contributed by atoms with Crippen molar-refractivity contribution in [2.75, 3.05) is 24.7 Å². The summed E-state index contributed by atoms with van der Waals surface area (Å²) in [4.78, 5) is 0. The molecule has 0 radical (unpaired) electrons. The van der Waals surface area contributed by atoms with Crippen molar-refractivity contribution in [3.8, 4) is 0 Å². The van der Waals surface area contributed by atoms with E-state index in [0.717, 1.165) is 13.2 Å². The highest BCUT2D eigenvalue weighted by Crippen LogP contribution is 2.35. The number of rotatable bonds is 1. The van der Waals surface area contributed by atoms with Crippen LogP contribution in [0.15, 0.2) is 0 Å². The third-order valence-electron chi connectivity index (χ3n) is 3.26. The highest BCUT2D eigenvalue weighted by molar-refractivity contribution is 7.99. The minimum absolute atomic E-state index is 0.193. The highest BCUT2D eigenvalue weighted by atomic mass is 32.2. The molecule has 13 heavy (non-hydrogen) atoms. The SMILES string of the molecule is CCC1NCCOC12CCSCC2. The van der Waals surface area contributed by atoms with E-state index >= 15 is 0 Å². The summed E-state index contributed by atoms with van der Waals surface area (Å²) in [6.45, 7) is 4.20. The minimum Gasteiger partial charge on any atom is -0.372 e. The molecule has 2 fully saturated rings. The molecule has 0 aromatic heterocycles. The molecule has 2 aliphatic rings. The molecule has 2 aliphatic heterocycles. The van der Waals surface area contributed by atoms with E-state index in [1.807, 2.05) is 0 Å². The van der Waals surface area contributed by atoms with Gasteiger partial charge in [0.05, 0.1) is 12.2 Å². The number of hydrogen-bond acceptors (Lipinski definition) is 3. The largest absolute Gasteiger partial charge is 0.372 e. The van der Waals surface area contributed by atoms with Crippen molar-refractivity contribution in [1.29, 1.82) is 0 Å². The fraction of sp³-hybridized carbons (Fsp3) is 1.00. The molecule has 1 atom stereocenters. The standard InChI is InChI=1S/C10H19NOS/c1-2-9-10(12-6-5-11-9)3-7-13-8-4-10/h9,11H,2-8H2,1H3. The molecule has 2 rings (SSSR count). The van der Waals surface area contributed by atoms with Crippen LogP contribution in [0.4, 0.5) is 0 Å². The van der Waals surface area contributed by atoms with Crippen LogP contribution in [0, 0.1) is 0 Å². The second-order valence-corrected chi connectivity index (χ2v) is 5.17. The average molecular weight is 201 g/mol. The van der Waals surface area contributed by atoms with E-state index in [0.29, 0.717) is 6.04 Å². The molecule has 1 N–H and O–H groups in total. The van der Waals surface area contributed by atoms with Crippen molar-refractivity contribution in [1.82, 2.24) is 5.32 Å². The Kier molecular flexibility index (Phi) is 3.17. The van der Waals surface area contributed by atoms with E-state index in [4.69, 9.17) is 4.74 Å². The lowest BCUT2D eigenvalue weighted by molar-refractivity contribution is -0.102. The van der Waals surface area contributed by atoms with Crippen LogP contribution >= 0.6 is 11.8 Å². The Morgan fingerprint density at radius 1 is 1.46 bits per heavy atom. The summed E-state index contributed by atoms with van der Waals surface area (Å²) < 4.78 is 6.03. The Hall–Kier alpha value is 0.270. The first kappa shape index (κ1) is 9.81. The second kappa shape index (κ2) is 4.20. The summed E-state index contributed by atoms with van der Waals surface area (Å²) in [6.07, 6.45) is 3.68. The van der Waals surface area contributed by atoms with Gasteiger partial charge in [0.25, 0.3) is 0 Å². The molecule has 0 aromatic rings. The highest BCUT2D eigenvalue weighted by Gasteiger charge is 2.41. The van der Waals surface area contributed by atoms with Crippen molar-refractivity contribution in [3.05, 3.63) is 0 Å². The predicted molar refractivity (Wildman–Crippen MR) is 57.3 cm³/mol. The fourth-order valence-electron chi connectivity index (χ4n) is 2.50. The van der Waals surface area contributed by atoms with Crippen molar-refractivity contribution < 1.29 is 4.74 Å². The maximum absolute atomic E-state index is 6.03. The molecular formula is C10H19NOS. The van der Waals surface area contributed by atoms with Crippen LogP contribution in [0.3, 0.4) is 0 Å². The van der Waals surface area contributed by atoms with Crippen LogP contribution in [-0.4, -0.2) is 36.3 Å². The maximum Gasteiger partial charge on any atom is 0.0850 e. The molecule has 3 heteroatoms. The summed E-state index contributed by atoms with van der Waals surface area (Å²) in [6, 6.07) is 0.599. The molecule has 0 bridgehead atoms. The van der Waals surface area contributed by atoms with E-state index in [1.54, 1.807) is 0 Å². The zero-order chi connectivity index (χ0) is 9.15. The van der Waals surface area contributed by atoms with Crippen LogP contribution < -0.4 is 5.32 Å². The molecule has 1 spiro atoms. The molecule has 0 aromatic carbocycles. The Morgan fingerprint density at radius 3 is 2.92 bits per heavy atom. The van der Waals surface area contributed by atoms with Gasteiger partial charge in [0.15, 0.2) is 0 Å². The molecular weight excluding hydrogens is 182 g/mol. The molecule has 1 unspecified atom stereocenters. The van der Waals surface area contributed by atoms with Gasteiger partial charge in [0.1, 0.15) is 0 Å². The quantitative estimate of drug-likeness (QED) is 0.697. The van der Waals surface area contributed by atoms with Gasteiger partial charge in [-0.2, -0.15) is 11.8 Å². The summed E-state index contributed by atoms with van der Waals surface area (Å²) >= 11 is 2.07. The summed E-state index contributed by atoms with van der Waals surface area (Å²) in [5, 5.41) is 3.60. The lowest BCUT2D eigenvalue weighted by Crippen LogP contribution is -2.59. The molecule has 0 saturated carbocycles. The van der Waals surface area contributed by atoms with E-state index in [2.05, 4.69) is 24.0 Å². The van der Waals surface area contributed by atoms with Crippen LogP contribution in [0.5, 0.6) is 0 Å². The predicted octanol–water partition coefficient (Wildman–Crippen LogP) is 1.65. The van der Waals surface area contributed by atoms with Crippen molar-refractivity contribution >= 4 is 11.8 Å².